The summed E-state index contributed by atoms with van der Waals surface area (Å²) < 4.78 is 5.29. The van der Waals surface area contributed by atoms with Crippen molar-refractivity contribution in [1.29, 1.82) is 0 Å². The molecule has 6 nitrogen and oxygen atoms in total. The molecule has 0 bridgehead atoms. The van der Waals surface area contributed by atoms with Crippen molar-refractivity contribution in [2.75, 3.05) is 6.61 Å². The summed E-state index contributed by atoms with van der Waals surface area (Å²) in [5, 5.41) is 13.3. The zero-order chi connectivity index (χ0) is 15.9. The van der Waals surface area contributed by atoms with Gasteiger partial charge >= 0.3 is 0 Å². The van der Waals surface area contributed by atoms with Gasteiger partial charge in [-0.3, -0.25) is 14.9 Å². The van der Waals surface area contributed by atoms with Gasteiger partial charge in [-0.05, 0) is 30.2 Å². The molecule has 2 rings (SSSR count). The molecule has 1 N–H and O–H groups in total. The quantitative estimate of drug-likeness (QED) is 0.656. The van der Waals surface area contributed by atoms with Crippen molar-refractivity contribution in [2.45, 2.75) is 13.5 Å². The molecule has 0 aliphatic heterocycles. The minimum Gasteiger partial charge on any atom is -0.484 e. The Hall–Kier alpha value is -2.89. The first-order valence-corrected chi connectivity index (χ1v) is 6.75. The van der Waals surface area contributed by atoms with Gasteiger partial charge in [0, 0.05) is 18.7 Å². The fourth-order valence-corrected chi connectivity index (χ4v) is 1.87. The van der Waals surface area contributed by atoms with Crippen molar-refractivity contribution in [3.05, 3.63) is 69.8 Å². The molecule has 22 heavy (non-hydrogen) atoms. The molecule has 1 amide bonds. The lowest BCUT2D eigenvalue weighted by atomic mass is 10.1. The number of amides is 1. The molecule has 6 heteroatoms. The Balaban J connectivity index is 1.80. The molecular weight excluding hydrogens is 284 g/mol. The summed E-state index contributed by atoms with van der Waals surface area (Å²) in [5.41, 5.74) is 2.14. The van der Waals surface area contributed by atoms with Crippen molar-refractivity contribution in [2.24, 2.45) is 0 Å². The van der Waals surface area contributed by atoms with Crippen molar-refractivity contribution in [3.8, 4) is 5.75 Å². The van der Waals surface area contributed by atoms with Crippen LogP contribution in [-0.2, 0) is 11.3 Å². The predicted octanol–water partition coefficient (Wildman–Crippen LogP) is 2.60. The van der Waals surface area contributed by atoms with Gasteiger partial charge in [-0.1, -0.05) is 24.3 Å². The third-order valence-electron chi connectivity index (χ3n) is 3.15. The zero-order valence-corrected chi connectivity index (χ0v) is 12.1. The number of carbonyl (C=O) groups is 1. The third kappa shape index (κ3) is 4.31. The van der Waals surface area contributed by atoms with Gasteiger partial charge in [0.25, 0.3) is 11.6 Å². The fourth-order valence-electron chi connectivity index (χ4n) is 1.87. The van der Waals surface area contributed by atoms with E-state index in [-0.39, 0.29) is 18.2 Å². The van der Waals surface area contributed by atoms with Crippen molar-refractivity contribution < 1.29 is 14.5 Å². The molecule has 0 atom stereocenters. The standard InChI is InChI=1S/C16H16N2O4/c1-12-4-2-3-5-13(12)10-17-16(19)11-22-15-8-6-14(7-9-15)18(20)21/h2-9H,10-11H2,1H3,(H,17,19). The minimum atomic E-state index is -0.487. The third-order valence-corrected chi connectivity index (χ3v) is 3.15. The number of nitro groups is 1. The van der Waals surface area contributed by atoms with E-state index in [2.05, 4.69) is 5.32 Å². The topological polar surface area (TPSA) is 81.5 Å². The van der Waals surface area contributed by atoms with Crippen molar-refractivity contribution >= 4 is 11.6 Å². The average Bonchev–Trinajstić information content (AvgIpc) is 2.52. The minimum absolute atomic E-state index is 0.0173. The van der Waals surface area contributed by atoms with Crippen LogP contribution in [0.2, 0.25) is 0 Å². The van der Waals surface area contributed by atoms with Crippen LogP contribution in [0.1, 0.15) is 11.1 Å². The number of ether oxygens (including phenoxy) is 1. The highest BCUT2D eigenvalue weighted by atomic mass is 16.6. The van der Waals surface area contributed by atoms with Crippen LogP contribution in [0.25, 0.3) is 0 Å². The second-order valence-electron chi connectivity index (χ2n) is 4.74. The summed E-state index contributed by atoms with van der Waals surface area (Å²) in [6.45, 7) is 2.29. The van der Waals surface area contributed by atoms with E-state index in [0.29, 0.717) is 12.3 Å². The van der Waals surface area contributed by atoms with E-state index in [0.717, 1.165) is 11.1 Å². The van der Waals surface area contributed by atoms with Gasteiger partial charge in [0.1, 0.15) is 5.75 Å². The van der Waals surface area contributed by atoms with Gasteiger partial charge in [-0.15, -0.1) is 0 Å². The summed E-state index contributed by atoms with van der Waals surface area (Å²) in [4.78, 5) is 21.8. The molecule has 0 spiro atoms. The molecule has 0 saturated heterocycles. The molecule has 0 aliphatic rings. The first kappa shape index (κ1) is 15.5. The average molecular weight is 300 g/mol. The molecule has 114 valence electrons. The van der Waals surface area contributed by atoms with Crippen molar-refractivity contribution in [1.82, 2.24) is 5.32 Å². The molecular formula is C16H16N2O4. The number of rotatable bonds is 6. The second-order valence-corrected chi connectivity index (χ2v) is 4.74. The van der Waals surface area contributed by atoms with Crippen LogP contribution >= 0.6 is 0 Å². The lowest BCUT2D eigenvalue weighted by Gasteiger charge is -2.09. The number of aryl methyl sites for hydroxylation is 1. The van der Waals surface area contributed by atoms with Gasteiger partial charge < -0.3 is 10.1 Å². The maximum absolute atomic E-state index is 11.7. The molecule has 0 aliphatic carbocycles. The maximum Gasteiger partial charge on any atom is 0.269 e. The second kappa shape index (κ2) is 7.21. The van der Waals surface area contributed by atoms with E-state index in [1.54, 1.807) is 0 Å². The monoisotopic (exact) mass is 300 g/mol. The Morgan fingerprint density at radius 2 is 1.86 bits per heavy atom. The number of hydrogen-bond acceptors (Lipinski definition) is 4. The van der Waals surface area contributed by atoms with Crippen molar-refractivity contribution in [3.63, 3.8) is 0 Å². The SMILES string of the molecule is Cc1ccccc1CNC(=O)COc1ccc([N+](=O)[O-])cc1. The van der Waals surface area contributed by atoms with Crippen LogP contribution in [0.15, 0.2) is 48.5 Å². The number of carbonyl (C=O) groups excluding carboxylic acids is 1. The Bertz CT molecular complexity index is 668. The molecule has 2 aromatic rings. The Morgan fingerprint density at radius 3 is 2.50 bits per heavy atom. The molecule has 0 saturated carbocycles. The van der Waals surface area contributed by atoms with E-state index in [1.165, 1.54) is 24.3 Å². The summed E-state index contributed by atoms with van der Waals surface area (Å²) in [5.74, 6) is 0.165. The van der Waals surface area contributed by atoms with Gasteiger partial charge in [0.15, 0.2) is 6.61 Å². The summed E-state index contributed by atoms with van der Waals surface area (Å²) in [7, 11) is 0. The number of nitrogens with zero attached hydrogens (tertiary/aromatic N) is 1. The molecule has 0 fully saturated rings. The number of nitro benzene ring substituents is 1. The van der Waals surface area contributed by atoms with E-state index in [4.69, 9.17) is 4.74 Å². The summed E-state index contributed by atoms with van der Waals surface area (Å²) >= 11 is 0. The normalized spacial score (nSPS) is 10.0. The largest absolute Gasteiger partial charge is 0.484 e. The Morgan fingerprint density at radius 1 is 1.18 bits per heavy atom. The maximum atomic E-state index is 11.7. The van der Waals surface area contributed by atoms with E-state index < -0.39 is 4.92 Å². The number of benzene rings is 2. The van der Waals surface area contributed by atoms with Crippen LogP contribution in [0.5, 0.6) is 5.75 Å². The van der Waals surface area contributed by atoms with Gasteiger partial charge in [-0.2, -0.15) is 0 Å². The summed E-state index contributed by atoms with van der Waals surface area (Å²) in [6.07, 6.45) is 0. The van der Waals surface area contributed by atoms with Crippen LogP contribution in [0.3, 0.4) is 0 Å². The Labute approximate surface area is 127 Å². The van der Waals surface area contributed by atoms with E-state index >= 15 is 0 Å². The lowest BCUT2D eigenvalue weighted by Crippen LogP contribution is -2.28. The van der Waals surface area contributed by atoms with Crippen LogP contribution < -0.4 is 10.1 Å². The highest BCUT2D eigenvalue weighted by Gasteiger charge is 2.07. The number of nitrogens with one attached hydrogen (secondary N) is 1. The van der Waals surface area contributed by atoms with E-state index in [9.17, 15) is 14.9 Å². The number of non-ortho nitro benzene ring substituents is 1. The fraction of sp³-hybridized carbons (Fsp3) is 0.188. The molecule has 0 unspecified atom stereocenters. The van der Waals surface area contributed by atoms with Gasteiger partial charge in [0.2, 0.25) is 0 Å². The predicted molar refractivity (Wildman–Crippen MR) is 81.6 cm³/mol. The van der Waals surface area contributed by atoms with Crippen LogP contribution in [0, 0.1) is 17.0 Å². The number of hydrogen-bond donors (Lipinski definition) is 1. The molecule has 2 aromatic carbocycles. The van der Waals surface area contributed by atoms with Gasteiger partial charge in [0.05, 0.1) is 4.92 Å². The molecule has 0 heterocycles. The smallest absolute Gasteiger partial charge is 0.269 e. The molecule has 0 aromatic heterocycles. The van der Waals surface area contributed by atoms with Crippen LogP contribution in [0.4, 0.5) is 5.69 Å². The highest BCUT2D eigenvalue weighted by molar-refractivity contribution is 5.77. The first-order valence-electron chi connectivity index (χ1n) is 6.75. The Kier molecular flexibility index (Phi) is 5.08. The zero-order valence-electron chi connectivity index (χ0n) is 12.1. The van der Waals surface area contributed by atoms with Gasteiger partial charge in [-0.25, -0.2) is 0 Å². The first-order chi connectivity index (χ1) is 10.6. The van der Waals surface area contributed by atoms with Crippen LogP contribution in [-0.4, -0.2) is 17.4 Å². The molecule has 0 radical (unpaired) electrons. The highest BCUT2D eigenvalue weighted by Crippen LogP contribution is 2.17. The van der Waals surface area contributed by atoms with E-state index in [1.807, 2.05) is 31.2 Å². The lowest BCUT2D eigenvalue weighted by molar-refractivity contribution is -0.384. The summed E-state index contributed by atoms with van der Waals surface area (Å²) in [6, 6.07) is 13.4.